The van der Waals surface area contributed by atoms with Crippen molar-refractivity contribution in [2.45, 2.75) is 0 Å². The van der Waals surface area contributed by atoms with Crippen molar-refractivity contribution in [3.63, 3.8) is 0 Å². The molecule has 0 saturated carbocycles. The van der Waals surface area contributed by atoms with Crippen LogP contribution >= 0.6 is 0 Å². The number of nitrogen functional groups attached to an aromatic ring is 1. The Balaban J connectivity index is 2.25. The number of methoxy groups -OCH3 is 1. The first-order valence-corrected chi connectivity index (χ1v) is 6.36. The van der Waals surface area contributed by atoms with E-state index in [1.165, 1.54) is 6.07 Å². The van der Waals surface area contributed by atoms with Crippen molar-refractivity contribution in [2.24, 2.45) is 0 Å². The monoisotopic (exact) mass is 284 g/mol. The topological polar surface area (TPSA) is 61.3 Å². The number of anilines is 1. The zero-order valence-corrected chi connectivity index (χ0v) is 11.3. The Morgan fingerprint density at radius 1 is 1.05 bits per heavy atom. The lowest BCUT2D eigenvalue weighted by Gasteiger charge is -2.08. The van der Waals surface area contributed by atoms with Gasteiger partial charge in [-0.15, -0.1) is 0 Å². The van der Waals surface area contributed by atoms with E-state index >= 15 is 0 Å². The molecule has 0 unspecified atom stereocenters. The zero-order chi connectivity index (χ0) is 14.8. The number of rotatable bonds is 3. The van der Waals surface area contributed by atoms with E-state index < -0.39 is 0 Å². The van der Waals surface area contributed by atoms with Crippen molar-refractivity contribution in [3.05, 3.63) is 54.3 Å². The van der Waals surface area contributed by atoms with E-state index in [4.69, 9.17) is 15.0 Å². The molecule has 3 aromatic rings. The highest BCUT2D eigenvalue weighted by Gasteiger charge is 2.22. The lowest BCUT2D eigenvalue weighted by molar-refractivity contribution is 0.407. The maximum absolute atomic E-state index is 14.1. The van der Waals surface area contributed by atoms with Gasteiger partial charge < -0.3 is 15.0 Å². The Bertz CT molecular complexity index is 783. The number of halogens is 1. The lowest BCUT2D eigenvalue weighted by atomic mass is 10.0. The molecule has 0 aliphatic carbocycles. The Kier molecular flexibility index (Phi) is 3.31. The fourth-order valence-corrected chi connectivity index (χ4v) is 2.24. The molecule has 106 valence electrons. The van der Waals surface area contributed by atoms with Crippen LogP contribution in [0.15, 0.2) is 53.1 Å². The van der Waals surface area contributed by atoms with Crippen molar-refractivity contribution in [3.8, 4) is 28.2 Å². The zero-order valence-electron chi connectivity index (χ0n) is 11.3. The SMILES string of the molecule is COc1ccccc1-c1onc(N)c1-c1ccccc1F. The van der Waals surface area contributed by atoms with Gasteiger partial charge in [0.2, 0.25) is 0 Å². The largest absolute Gasteiger partial charge is 0.496 e. The molecule has 0 atom stereocenters. The van der Waals surface area contributed by atoms with Crippen LogP contribution < -0.4 is 10.5 Å². The molecule has 0 amide bonds. The van der Waals surface area contributed by atoms with E-state index in [0.29, 0.717) is 28.2 Å². The van der Waals surface area contributed by atoms with Gasteiger partial charge in [-0.25, -0.2) is 4.39 Å². The summed E-state index contributed by atoms with van der Waals surface area (Å²) in [5, 5.41) is 3.77. The van der Waals surface area contributed by atoms with Gasteiger partial charge in [-0.2, -0.15) is 0 Å². The molecule has 0 saturated heterocycles. The Hall–Kier alpha value is -2.82. The van der Waals surface area contributed by atoms with Crippen LogP contribution in [0.25, 0.3) is 22.5 Å². The van der Waals surface area contributed by atoms with E-state index in [1.54, 1.807) is 31.4 Å². The summed E-state index contributed by atoms with van der Waals surface area (Å²) in [5.41, 5.74) is 7.30. The normalized spacial score (nSPS) is 10.6. The smallest absolute Gasteiger partial charge is 0.180 e. The molecule has 2 aromatic carbocycles. The molecule has 0 fully saturated rings. The van der Waals surface area contributed by atoms with Crippen LogP contribution in [0.1, 0.15) is 0 Å². The van der Waals surface area contributed by atoms with Gasteiger partial charge in [-0.1, -0.05) is 35.5 Å². The van der Waals surface area contributed by atoms with E-state index in [0.717, 1.165) is 0 Å². The number of para-hydroxylation sites is 1. The number of ether oxygens (including phenoxy) is 1. The van der Waals surface area contributed by atoms with Crippen LogP contribution in [0.3, 0.4) is 0 Å². The average molecular weight is 284 g/mol. The molecule has 0 radical (unpaired) electrons. The Morgan fingerprint density at radius 2 is 1.71 bits per heavy atom. The van der Waals surface area contributed by atoms with E-state index in [9.17, 15) is 4.39 Å². The highest BCUT2D eigenvalue weighted by atomic mass is 19.1. The van der Waals surface area contributed by atoms with Crippen molar-refractivity contribution < 1.29 is 13.7 Å². The minimum absolute atomic E-state index is 0.140. The van der Waals surface area contributed by atoms with Gasteiger partial charge >= 0.3 is 0 Å². The molecule has 4 nitrogen and oxygen atoms in total. The number of nitrogens with zero attached hydrogens (tertiary/aromatic N) is 1. The molecule has 5 heteroatoms. The number of benzene rings is 2. The van der Waals surface area contributed by atoms with Gasteiger partial charge in [0.25, 0.3) is 0 Å². The van der Waals surface area contributed by atoms with E-state index in [-0.39, 0.29) is 11.6 Å². The second-order valence-corrected chi connectivity index (χ2v) is 4.45. The Labute approximate surface area is 120 Å². The molecule has 0 aliphatic heterocycles. The minimum atomic E-state index is -0.386. The minimum Gasteiger partial charge on any atom is -0.496 e. The van der Waals surface area contributed by atoms with Gasteiger partial charge in [0.15, 0.2) is 11.6 Å². The number of hydrogen-bond donors (Lipinski definition) is 1. The van der Waals surface area contributed by atoms with Gasteiger partial charge in [-0.05, 0) is 18.2 Å². The summed E-state index contributed by atoms with van der Waals surface area (Å²) in [6.07, 6.45) is 0. The molecular weight excluding hydrogens is 271 g/mol. The fourth-order valence-electron chi connectivity index (χ4n) is 2.24. The molecule has 21 heavy (non-hydrogen) atoms. The molecule has 0 spiro atoms. The summed E-state index contributed by atoms with van der Waals surface area (Å²) in [5.74, 6) is 0.742. The maximum atomic E-state index is 14.1. The molecule has 1 heterocycles. The van der Waals surface area contributed by atoms with Crippen molar-refractivity contribution in [1.82, 2.24) is 5.16 Å². The van der Waals surface area contributed by atoms with Gasteiger partial charge in [0, 0.05) is 5.56 Å². The highest BCUT2D eigenvalue weighted by Crippen LogP contribution is 2.40. The summed E-state index contributed by atoms with van der Waals surface area (Å²) in [4.78, 5) is 0. The predicted octanol–water partition coefficient (Wildman–Crippen LogP) is 3.74. The third-order valence-corrected chi connectivity index (χ3v) is 3.21. The number of hydrogen-bond acceptors (Lipinski definition) is 4. The van der Waals surface area contributed by atoms with Crippen molar-refractivity contribution in [2.75, 3.05) is 12.8 Å². The number of nitrogens with two attached hydrogens (primary N) is 1. The van der Waals surface area contributed by atoms with Crippen LogP contribution in [0.4, 0.5) is 10.2 Å². The van der Waals surface area contributed by atoms with Crippen LogP contribution in [-0.4, -0.2) is 12.3 Å². The van der Waals surface area contributed by atoms with Gasteiger partial charge in [-0.3, -0.25) is 0 Å². The summed E-state index contributed by atoms with van der Waals surface area (Å²) in [7, 11) is 1.56. The number of aromatic nitrogens is 1. The van der Waals surface area contributed by atoms with Crippen molar-refractivity contribution >= 4 is 5.82 Å². The summed E-state index contributed by atoms with van der Waals surface area (Å²) >= 11 is 0. The molecule has 0 aliphatic rings. The quantitative estimate of drug-likeness (QED) is 0.796. The molecule has 0 bridgehead atoms. The third kappa shape index (κ3) is 2.23. The predicted molar refractivity (Wildman–Crippen MR) is 78.3 cm³/mol. The summed E-state index contributed by atoms with van der Waals surface area (Å²) in [6, 6.07) is 13.6. The summed E-state index contributed by atoms with van der Waals surface area (Å²) < 4.78 is 24.7. The maximum Gasteiger partial charge on any atom is 0.180 e. The van der Waals surface area contributed by atoms with Crippen molar-refractivity contribution in [1.29, 1.82) is 0 Å². The third-order valence-electron chi connectivity index (χ3n) is 3.21. The second-order valence-electron chi connectivity index (χ2n) is 4.45. The van der Waals surface area contributed by atoms with Crippen LogP contribution in [0.5, 0.6) is 5.75 Å². The summed E-state index contributed by atoms with van der Waals surface area (Å²) in [6.45, 7) is 0. The fraction of sp³-hybridized carbons (Fsp3) is 0.0625. The molecule has 1 aromatic heterocycles. The molecule has 3 rings (SSSR count). The average Bonchev–Trinajstić information content (AvgIpc) is 2.89. The standard InChI is InChI=1S/C16H13FN2O2/c1-20-13-9-5-3-7-11(13)15-14(16(18)19-21-15)10-6-2-4-8-12(10)17/h2-9H,1H3,(H2,18,19). The highest BCUT2D eigenvalue weighted by molar-refractivity contribution is 5.88. The van der Waals surface area contributed by atoms with Crippen LogP contribution in [0, 0.1) is 5.82 Å². The molecule has 2 N–H and O–H groups in total. The Morgan fingerprint density at radius 3 is 2.43 bits per heavy atom. The van der Waals surface area contributed by atoms with Crippen LogP contribution in [-0.2, 0) is 0 Å². The van der Waals surface area contributed by atoms with E-state index in [1.807, 2.05) is 18.2 Å². The first-order valence-electron chi connectivity index (χ1n) is 6.36. The molecular formula is C16H13FN2O2. The van der Waals surface area contributed by atoms with Gasteiger partial charge in [0.1, 0.15) is 11.6 Å². The van der Waals surface area contributed by atoms with E-state index in [2.05, 4.69) is 5.16 Å². The first kappa shape index (κ1) is 13.2. The van der Waals surface area contributed by atoms with Gasteiger partial charge in [0.05, 0.1) is 18.2 Å². The lowest BCUT2D eigenvalue weighted by Crippen LogP contribution is -1.92. The first-order chi connectivity index (χ1) is 10.2. The van der Waals surface area contributed by atoms with Crippen LogP contribution in [0.2, 0.25) is 0 Å². The second kappa shape index (κ2) is 5.28.